The third-order valence-electron chi connectivity index (χ3n) is 2.53. The number of nitrogens with two attached hydrogens (primary N) is 1. The van der Waals surface area contributed by atoms with Crippen LogP contribution in [0, 0.1) is 18.3 Å². The monoisotopic (exact) mass is 213 g/mol. The molecule has 0 aliphatic carbocycles. The van der Waals surface area contributed by atoms with E-state index in [2.05, 4.69) is 4.98 Å². The summed E-state index contributed by atoms with van der Waals surface area (Å²) in [7, 11) is 1.60. The van der Waals surface area contributed by atoms with Crippen LogP contribution in [0.1, 0.15) is 11.1 Å². The molecule has 0 spiro atoms. The smallest absolute Gasteiger partial charge is 0.119 e. The fourth-order valence-corrected chi connectivity index (χ4v) is 1.67. The summed E-state index contributed by atoms with van der Waals surface area (Å²) in [6.07, 6.45) is 1.50. The number of fused-ring (bicyclic) bond motifs is 1. The zero-order valence-corrected chi connectivity index (χ0v) is 9.11. The van der Waals surface area contributed by atoms with Crippen molar-refractivity contribution in [3.63, 3.8) is 0 Å². The highest BCUT2D eigenvalue weighted by Gasteiger charge is 2.09. The largest absolute Gasteiger partial charge is 0.497 e. The summed E-state index contributed by atoms with van der Waals surface area (Å²) in [5.74, 6) is 0.716. The van der Waals surface area contributed by atoms with Gasteiger partial charge in [0.05, 0.1) is 23.9 Å². The first-order valence-corrected chi connectivity index (χ1v) is 4.80. The Morgan fingerprint density at radius 3 is 2.81 bits per heavy atom. The molecule has 0 saturated heterocycles. The zero-order chi connectivity index (χ0) is 11.7. The molecule has 0 atom stereocenters. The highest BCUT2D eigenvalue weighted by molar-refractivity contribution is 5.95. The van der Waals surface area contributed by atoms with Crippen LogP contribution in [0.5, 0.6) is 5.75 Å². The van der Waals surface area contributed by atoms with E-state index in [9.17, 15) is 0 Å². The molecule has 0 amide bonds. The SMILES string of the molecule is COc1cc(C)c2ncc(C#N)c(N)c2c1. The number of nitriles is 1. The van der Waals surface area contributed by atoms with Crippen molar-refractivity contribution in [3.05, 3.63) is 29.5 Å². The minimum Gasteiger partial charge on any atom is -0.497 e. The van der Waals surface area contributed by atoms with Crippen LogP contribution in [0.2, 0.25) is 0 Å². The standard InChI is InChI=1S/C12H11N3O/c1-7-3-9(16-2)4-10-11(14)8(5-13)6-15-12(7)10/h3-4,6H,1-2H3,(H2,14,15). The lowest BCUT2D eigenvalue weighted by Crippen LogP contribution is -1.96. The van der Waals surface area contributed by atoms with Gasteiger partial charge in [0, 0.05) is 11.6 Å². The van der Waals surface area contributed by atoms with Crippen LogP contribution in [-0.2, 0) is 0 Å². The molecule has 1 aromatic carbocycles. The van der Waals surface area contributed by atoms with Crippen molar-refractivity contribution < 1.29 is 4.74 Å². The molecule has 16 heavy (non-hydrogen) atoms. The van der Waals surface area contributed by atoms with Gasteiger partial charge in [-0.05, 0) is 24.6 Å². The second-order valence-electron chi connectivity index (χ2n) is 3.54. The topological polar surface area (TPSA) is 71.9 Å². The quantitative estimate of drug-likeness (QED) is 0.786. The number of rotatable bonds is 1. The van der Waals surface area contributed by atoms with Crippen molar-refractivity contribution in [2.75, 3.05) is 12.8 Å². The fraction of sp³-hybridized carbons (Fsp3) is 0.167. The molecule has 80 valence electrons. The van der Waals surface area contributed by atoms with Gasteiger partial charge < -0.3 is 10.5 Å². The van der Waals surface area contributed by atoms with Gasteiger partial charge in [-0.25, -0.2) is 0 Å². The number of aromatic nitrogens is 1. The van der Waals surface area contributed by atoms with Crippen molar-refractivity contribution in [2.24, 2.45) is 0 Å². The number of nitrogen functional groups attached to an aromatic ring is 1. The number of pyridine rings is 1. The third kappa shape index (κ3) is 1.43. The molecule has 2 aromatic rings. The van der Waals surface area contributed by atoms with E-state index in [0.717, 1.165) is 16.5 Å². The molecule has 0 unspecified atom stereocenters. The van der Waals surface area contributed by atoms with Crippen LogP contribution < -0.4 is 10.5 Å². The lowest BCUT2D eigenvalue weighted by molar-refractivity contribution is 0.415. The molecule has 0 fully saturated rings. The number of hydrogen-bond donors (Lipinski definition) is 1. The molecule has 2 N–H and O–H groups in total. The highest BCUT2D eigenvalue weighted by Crippen LogP contribution is 2.29. The van der Waals surface area contributed by atoms with Crippen LogP contribution in [0.25, 0.3) is 10.9 Å². The van der Waals surface area contributed by atoms with Crippen molar-refractivity contribution in [2.45, 2.75) is 6.92 Å². The maximum atomic E-state index is 8.87. The molecule has 0 aliphatic rings. The molecular formula is C12H11N3O. The number of ether oxygens (including phenoxy) is 1. The summed E-state index contributed by atoms with van der Waals surface area (Å²) in [5, 5.41) is 9.63. The first-order chi connectivity index (χ1) is 7.67. The Labute approximate surface area is 93.3 Å². The second-order valence-corrected chi connectivity index (χ2v) is 3.54. The highest BCUT2D eigenvalue weighted by atomic mass is 16.5. The van der Waals surface area contributed by atoms with Gasteiger partial charge in [-0.15, -0.1) is 0 Å². The van der Waals surface area contributed by atoms with Gasteiger partial charge in [-0.3, -0.25) is 4.98 Å². The van der Waals surface area contributed by atoms with E-state index < -0.39 is 0 Å². The molecule has 4 nitrogen and oxygen atoms in total. The zero-order valence-electron chi connectivity index (χ0n) is 9.11. The minimum absolute atomic E-state index is 0.389. The Kier molecular flexibility index (Phi) is 2.37. The summed E-state index contributed by atoms with van der Waals surface area (Å²) in [5.41, 5.74) is 8.53. The molecule has 0 bridgehead atoms. The average molecular weight is 213 g/mol. The molecule has 0 saturated carbocycles. The molecule has 1 aromatic heterocycles. The fourth-order valence-electron chi connectivity index (χ4n) is 1.67. The van der Waals surface area contributed by atoms with Crippen LogP contribution in [0.15, 0.2) is 18.3 Å². The summed E-state index contributed by atoms with van der Waals surface area (Å²) in [6, 6.07) is 5.70. The van der Waals surface area contributed by atoms with E-state index in [1.807, 2.05) is 19.1 Å². The lowest BCUT2D eigenvalue weighted by atomic mass is 10.1. The number of nitrogens with zero attached hydrogens (tertiary/aromatic N) is 2. The van der Waals surface area contributed by atoms with Gasteiger partial charge in [0.25, 0.3) is 0 Å². The first kappa shape index (κ1) is 10.2. The average Bonchev–Trinajstić information content (AvgIpc) is 2.30. The first-order valence-electron chi connectivity index (χ1n) is 4.80. The van der Waals surface area contributed by atoms with Crippen molar-refractivity contribution >= 4 is 16.6 Å². The van der Waals surface area contributed by atoms with Crippen LogP contribution in [0.3, 0.4) is 0 Å². The molecule has 2 rings (SSSR count). The Bertz CT molecular complexity index is 599. The van der Waals surface area contributed by atoms with Gasteiger partial charge in [-0.1, -0.05) is 0 Å². The number of benzene rings is 1. The predicted octanol–water partition coefficient (Wildman–Crippen LogP) is 2.01. The molecule has 0 aliphatic heterocycles. The van der Waals surface area contributed by atoms with Gasteiger partial charge >= 0.3 is 0 Å². The maximum absolute atomic E-state index is 8.87. The minimum atomic E-state index is 0.389. The van der Waals surface area contributed by atoms with Crippen molar-refractivity contribution in [1.29, 1.82) is 5.26 Å². The molecule has 1 heterocycles. The third-order valence-corrected chi connectivity index (χ3v) is 2.53. The van der Waals surface area contributed by atoms with Gasteiger partial charge in [0.15, 0.2) is 0 Å². The number of hydrogen-bond acceptors (Lipinski definition) is 4. The van der Waals surface area contributed by atoms with Crippen molar-refractivity contribution in [3.8, 4) is 11.8 Å². The Hall–Kier alpha value is -2.28. The van der Waals surface area contributed by atoms with E-state index in [4.69, 9.17) is 15.7 Å². The Balaban J connectivity index is 2.87. The van der Waals surface area contributed by atoms with E-state index in [-0.39, 0.29) is 0 Å². The Morgan fingerprint density at radius 2 is 2.19 bits per heavy atom. The predicted molar refractivity (Wildman–Crippen MR) is 62.2 cm³/mol. The summed E-state index contributed by atoms with van der Waals surface area (Å²) in [6.45, 7) is 1.93. The molecular weight excluding hydrogens is 202 g/mol. The second kappa shape index (κ2) is 3.70. The van der Waals surface area contributed by atoms with Crippen LogP contribution >= 0.6 is 0 Å². The Morgan fingerprint density at radius 1 is 1.44 bits per heavy atom. The van der Waals surface area contributed by atoms with Gasteiger partial charge in [0.1, 0.15) is 11.8 Å². The summed E-state index contributed by atoms with van der Waals surface area (Å²) < 4.78 is 5.17. The summed E-state index contributed by atoms with van der Waals surface area (Å²) in [4.78, 5) is 4.23. The number of anilines is 1. The van der Waals surface area contributed by atoms with Gasteiger partial charge in [-0.2, -0.15) is 5.26 Å². The summed E-state index contributed by atoms with van der Waals surface area (Å²) >= 11 is 0. The molecule has 0 radical (unpaired) electrons. The van der Waals surface area contributed by atoms with E-state index in [1.165, 1.54) is 6.20 Å². The maximum Gasteiger partial charge on any atom is 0.119 e. The number of methoxy groups -OCH3 is 1. The van der Waals surface area contributed by atoms with Crippen LogP contribution in [-0.4, -0.2) is 12.1 Å². The van der Waals surface area contributed by atoms with Gasteiger partial charge in [0.2, 0.25) is 0 Å². The van der Waals surface area contributed by atoms with Crippen molar-refractivity contribution in [1.82, 2.24) is 4.98 Å². The molecule has 4 heteroatoms. The van der Waals surface area contributed by atoms with E-state index in [0.29, 0.717) is 17.0 Å². The van der Waals surface area contributed by atoms with E-state index in [1.54, 1.807) is 13.2 Å². The lowest BCUT2D eigenvalue weighted by Gasteiger charge is -2.08. The van der Waals surface area contributed by atoms with E-state index >= 15 is 0 Å². The number of aryl methyl sites for hydroxylation is 1. The van der Waals surface area contributed by atoms with Crippen LogP contribution in [0.4, 0.5) is 5.69 Å². The normalized spacial score (nSPS) is 10.1.